The van der Waals surface area contributed by atoms with Gasteiger partial charge in [-0.25, -0.2) is 9.18 Å². The first-order valence-corrected chi connectivity index (χ1v) is 7.86. The van der Waals surface area contributed by atoms with Gasteiger partial charge in [-0.1, -0.05) is 11.8 Å². The number of amidine groups is 1. The van der Waals surface area contributed by atoms with Gasteiger partial charge in [0.25, 0.3) is 0 Å². The summed E-state index contributed by atoms with van der Waals surface area (Å²) in [5.41, 5.74) is -0.888. The molecule has 0 spiro atoms. The van der Waals surface area contributed by atoms with Crippen molar-refractivity contribution in [3.63, 3.8) is 0 Å². The quantitative estimate of drug-likeness (QED) is 0.468. The second-order valence-electron chi connectivity index (χ2n) is 5.23. The molecular formula is C12H16F4N2O5S. The van der Waals surface area contributed by atoms with Crippen LogP contribution in [0.5, 0.6) is 0 Å². The molecule has 2 rings (SSSR count). The molecule has 7 nitrogen and oxygen atoms in total. The fourth-order valence-corrected chi connectivity index (χ4v) is 3.46. The van der Waals surface area contributed by atoms with E-state index < -0.39 is 54.7 Å². The van der Waals surface area contributed by atoms with Gasteiger partial charge in [-0.3, -0.25) is 4.99 Å². The largest absolute Gasteiger partial charge is 0.490 e. The van der Waals surface area contributed by atoms with Gasteiger partial charge in [0, 0.05) is 6.54 Å². The third-order valence-corrected chi connectivity index (χ3v) is 4.49. The third kappa shape index (κ3) is 4.10. The van der Waals surface area contributed by atoms with Gasteiger partial charge in [-0.15, -0.1) is 0 Å². The normalized spacial score (nSPS) is 34.3. The number of aliphatic hydroxyl groups excluding tert-OH is 2. The molecule has 24 heavy (non-hydrogen) atoms. The van der Waals surface area contributed by atoms with Crippen molar-refractivity contribution in [1.82, 2.24) is 5.32 Å². The van der Waals surface area contributed by atoms with E-state index in [1.807, 2.05) is 0 Å². The second kappa shape index (κ2) is 7.42. The zero-order valence-corrected chi connectivity index (χ0v) is 13.2. The summed E-state index contributed by atoms with van der Waals surface area (Å²) in [5, 5.41) is 22.6. The fourth-order valence-electron chi connectivity index (χ4n) is 2.34. The van der Waals surface area contributed by atoms with Crippen LogP contribution in [0.25, 0.3) is 0 Å². The van der Waals surface area contributed by atoms with Crippen molar-refractivity contribution in [2.24, 2.45) is 4.99 Å². The number of fused-ring (bicyclic) bond motifs is 1. The lowest BCUT2D eigenvalue weighted by Crippen LogP contribution is -2.59. The van der Waals surface area contributed by atoms with Crippen LogP contribution in [0.1, 0.15) is 6.92 Å². The number of alkyl halides is 4. The van der Waals surface area contributed by atoms with Gasteiger partial charge in [-0.05, 0) is 6.92 Å². The van der Waals surface area contributed by atoms with E-state index in [9.17, 15) is 32.6 Å². The molecule has 6 atom stereocenters. The van der Waals surface area contributed by atoms with Gasteiger partial charge >= 0.3 is 12.1 Å². The standard InChI is InChI=1S/C12H16F4N2O5S/c1-4(19)7-6(20)8(23-10(21)12(14,15)16)5-9(22-7)24-11(18-5)17-3-2-13/h4-9,19-20H,2-3H2,1H3,(H,17,18)/t4-,5+,6+,7+,8+,9?/m0/s1. The van der Waals surface area contributed by atoms with Crippen LogP contribution >= 0.6 is 11.8 Å². The highest BCUT2D eigenvalue weighted by Crippen LogP contribution is 2.38. The van der Waals surface area contributed by atoms with Gasteiger partial charge in [0.15, 0.2) is 11.3 Å². The summed E-state index contributed by atoms with van der Waals surface area (Å²) in [6.45, 7) is 0.515. The van der Waals surface area contributed by atoms with Gasteiger partial charge in [0.05, 0.1) is 6.10 Å². The van der Waals surface area contributed by atoms with Gasteiger partial charge in [0.1, 0.15) is 30.4 Å². The van der Waals surface area contributed by atoms with E-state index >= 15 is 0 Å². The lowest BCUT2D eigenvalue weighted by molar-refractivity contribution is -0.230. The number of halogens is 4. The highest BCUT2D eigenvalue weighted by atomic mass is 32.2. The molecule has 0 saturated carbocycles. The highest BCUT2D eigenvalue weighted by Gasteiger charge is 2.54. The van der Waals surface area contributed by atoms with Gasteiger partial charge in [0.2, 0.25) is 0 Å². The fraction of sp³-hybridized carbons (Fsp3) is 0.833. The van der Waals surface area contributed by atoms with E-state index in [0.717, 1.165) is 11.8 Å². The Hall–Kier alpha value is -1.11. The number of rotatable bonds is 4. The predicted octanol–water partition coefficient (Wildman–Crippen LogP) is -0.0424. The Bertz CT molecular complexity index is 504. The van der Waals surface area contributed by atoms with Crippen molar-refractivity contribution < 1.29 is 42.0 Å². The zero-order valence-electron chi connectivity index (χ0n) is 12.4. The number of nitrogens with one attached hydrogen (secondary N) is 1. The van der Waals surface area contributed by atoms with Gasteiger partial charge < -0.3 is 25.0 Å². The summed E-state index contributed by atoms with van der Waals surface area (Å²) in [6, 6.07) is -1.12. The number of carbonyl (C=O) groups excluding carboxylic acids is 1. The van der Waals surface area contributed by atoms with Crippen molar-refractivity contribution in [3.05, 3.63) is 0 Å². The first kappa shape index (κ1) is 19.2. The number of aliphatic imine (C=N–C) groups is 1. The van der Waals surface area contributed by atoms with Crippen LogP contribution in [0.15, 0.2) is 4.99 Å². The van der Waals surface area contributed by atoms with E-state index in [4.69, 9.17) is 4.74 Å². The number of thioether (sulfide) groups is 1. The van der Waals surface area contributed by atoms with Crippen molar-refractivity contribution in [2.75, 3.05) is 13.2 Å². The van der Waals surface area contributed by atoms with Crippen LogP contribution in [0.4, 0.5) is 17.6 Å². The number of esters is 1. The molecule has 2 heterocycles. The summed E-state index contributed by atoms with van der Waals surface area (Å²) in [7, 11) is 0. The Balaban J connectivity index is 2.21. The van der Waals surface area contributed by atoms with Gasteiger partial charge in [-0.2, -0.15) is 13.2 Å². The van der Waals surface area contributed by atoms with Crippen molar-refractivity contribution in [2.45, 2.75) is 49.0 Å². The Labute approximate surface area is 138 Å². The summed E-state index contributed by atoms with van der Waals surface area (Å²) in [6.07, 6.45) is -11.1. The Morgan fingerprint density at radius 1 is 1.54 bits per heavy atom. The maximum Gasteiger partial charge on any atom is 0.490 e. The van der Waals surface area contributed by atoms with Crippen LogP contribution in [-0.2, 0) is 14.3 Å². The van der Waals surface area contributed by atoms with Crippen LogP contribution in [0.2, 0.25) is 0 Å². The van der Waals surface area contributed by atoms with Crippen molar-refractivity contribution in [1.29, 1.82) is 0 Å². The van der Waals surface area contributed by atoms with Crippen molar-refractivity contribution >= 4 is 22.9 Å². The van der Waals surface area contributed by atoms with E-state index in [1.54, 1.807) is 0 Å². The Morgan fingerprint density at radius 3 is 2.75 bits per heavy atom. The molecule has 138 valence electrons. The molecule has 0 aliphatic carbocycles. The Morgan fingerprint density at radius 2 is 2.21 bits per heavy atom. The number of nitrogens with zero attached hydrogens (tertiary/aromatic N) is 1. The minimum absolute atomic E-state index is 0.0688. The van der Waals surface area contributed by atoms with E-state index in [1.165, 1.54) is 6.92 Å². The maximum atomic E-state index is 12.4. The number of ether oxygens (including phenoxy) is 2. The molecule has 0 aromatic carbocycles. The molecule has 0 aromatic heterocycles. The molecular weight excluding hydrogens is 360 g/mol. The summed E-state index contributed by atoms with van der Waals surface area (Å²) in [5.74, 6) is -2.47. The second-order valence-corrected chi connectivity index (χ2v) is 6.31. The molecule has 1 fully saturated rings. The predicted molar refractivity (Wildman–Crippen MR) is 75.1 cm³/mol. The number of hydrogen-bond donors (Lipinski definition) is 3. The van der Waals surface area contributed by atoms with E-state index in [0.29, 0.717) is 0 Å². The van der Waals surface area contributed by atoms with Crippen LogP contribution < -0.4 is 5.32 Å². The molecule has 1 unspecified atom stereocenters. The lowest BCUT2D eigenvalue weighted by Gasteiger charge is -2.41. The first-order chi connectivity index (χ1) is 11.1. The first-order valence-electron chi connectivity index (χ1n) is 6.99. The molecule has 0 amide bonds. The molecule has 2 aliphatic rings. The molecule has 0 bridgehead atoms. The minimum Gasteiger partial charge on any atom is -0.450 e. The van der Waals surface area contributed by atoms with Crippen molar-refractivity contribution in [3.8, 4) is 0 Å². The maximum absolute atomic E-state index is 12.4. The van der Waals surface area contributed by atoms with Crippen LogP contribution in [-0.4, -0.2) is 76.6 Å². The SMILES string of the molecule is C[C@H](O)[C@H]1OC2SC(NCCF)=N[C@@H]2[C@@H](OC(=O)C(F)(F)F)[C@@H]1O. The topological polar surface area (TPSA) is 100 Å². The third-order valence-electron chi connectivity index (χ3n) is 3.39. The molecule has 3 N–H and O–H groups in total. The number of aliphatic hydroxyl groups is 2. The average molecular weight is 376 g/mol. The van der Waals surface area contributed by atoms with Crippen LogP contribution in [0.3, 0.4) is 0 Å². The highest BCUT2D eigenvalue weighted by molar-refractivity contribution is 8.14. The number of carbonyl (C=O) groups is 1. The summed E-state index contributed by atoms with van der Waals surface area (Å²) in [4.78, 5) is 15.1. The number of hydrogen-bond acceptors (Lipinski definition) is 8. The molecule has 0 aromatic rings. The van der Waals surface area contributed by atoms with E-state index in [2.05, 4.69) is 15.0 Å². The molecule has 12 heteroatoms. The lowest BCUT2D eigenvalue weighted by atomic mass is 9.95. The molecule has 0 radical (unpaired) electrons. The Kier molecular flexibility index (Phi) is 5.94. The molecule has 1 saturated heterocycles. The summed E-state index contributed by atoms with van der Waals surface area (Å²) >= 11 is 0.951. The van der Waals surface area contributed by atoms with Crippen LogP contribution in [0, 0.1) is 0 Å². The minimum atomic E-state index is -5.24. The smallest absolute Gasteiger partial charge is 0.450 e. The summed E-state index contributed by atoms with van der Waals surface area (Å²) < 4.78 is 59.3. The van der Waals surface area contributed by atoms with E-state index in [-0.39, 0.29) is 11.7 Å². The average Bonchev–Trinajstić information content (AvgIpc) is 2.89. The zero-order chi connectivity index (χ0) is 18.1. The molecule has 2 aliphatic heterocycles. The monoisotopic (exact) mass is 376 g/mol.